The molecule has 2 rings (SSSR count). The minimum atomic E-state index is -0.122. The fraction of sp³-hybridized carbons (Fsp3) is 0.692. The predicted octanol–water partition coefficient (Wildman–Crippen LogP) is 0.525. The number of aromatic nitrogens is 2. The van der Waals surface area contributed by atoms with Crippen LogP contribution in [0.3, 0.4) is 0 Å². The van der Waals surface area contributed by atoms with Gasteiger partial charge in [0.05, 0.1) is 11.4 Å². The molecular weight excluding hydrogens is 242 g/mol. The summed E-state index contributed by atoms with van der Waals surface area (Å²) in [6.07, 6.45) is 2.15. The van der Waals surface area contributed by atoms with Crippen molar-refractivity contribution in [2.24, 2.45) is 7.05 Å². The lowest BCUT2D eigenvalue weighted by Crippen LogP contribution is -2.47. The molecule has 0 aromatic carbocycles. The van der Waals surface area contributed by atoms with Crippen molar-refractivity contribution in [1.82, 2.24) is 20.0 Å². The summed E-state index contributed by atoms with van der Waals surface area (Å²) >= 11 is 0. The van der Waals surface area contributed by atoms with Crippen LogP contribution in [0.1, 0.15) is 35.9 Å². The number of carbonyl (C=O) groups excluding carboxylic acids is 1. The highest BCUT2D eigenvalue weighted by atomic mass is 16.2. The van der Waals surface area contributed by atoms with Crippen LogP contribution in [0.15, 0.2) is 0 Å². The van der Waals surface area contributed by atoms with Crippen LogP contribution >= 0.6 is 0 Å². The SMILES string of the molecule is CCN1CCCC(NC(=O)c2c(N)c(C)nn2C)C1. The van der Waals surface area contributed by atoms with Crippen LogP contribution in [0.25, 0.3) is 0 Å². The maximum Gasteiger partial charge on any atom is 0.271 e. The van der Waals surface area contributed by atoms with Gasteiger partial charge in [-0.25, -0.2) is 0 Å². The Kier molecular flexibility index (Phi) is 4.09. The Morgan fingerprint density at radius 3 is 2.89 bits per heavy atom. The monoisotopic (exact) mass is 265 g/mol. The van der Waals surface area contributed by atoms with Gasteiger partial charge in [0.25, 0.3) is 5.91 Å². The molecule has 1 aromatic heterocycles. The zero-order chi connectivity index (χ0) is 14.0. The van der Waals surface area contributed by atoms with Crippen LogP contribution in [-0.4, -0.2) is 46.3 Å². The molecule has 2 heterocycles. The maximum absolute atomic E-state index is 12.3. The second-order valence-corrected chi connectivity index (χ2v) is 5.18. The first kappa shape index (κ1) is 13.9. The van der Waals surface area contributed by atoms with Crippen LogP contribution < -0.4 is 11.1 Å². The standard InChI is InChI=1S/C13H23N5O/c1-4-18-7-5-6-10(8-18)15-13(19)12-11(14)9(2)16-17(12)3/h10H,4-8,14H2,1-3H3,(H,15,19). The lowest BCUT2D eigenvalue weighted by Gasteiger charge is -2.32. The van der Waals surface area contributed by atoms with Crippen molar-refractivity contribution >= 4 is 11.6 Å². The van der Waals surface area contributed by atoms with Gasteiger partial charge in [-0.15, -0.1) is 0 Å². The number of aryl methyl sites for hydroxylation is 2. The number of rotatable bonds is 3. The van der Waals surface area contributed by atoms with Crippen molar-refractivity contribution in [3.05, 3.63) is 11.4 Å². The van der Waals surface area contributed by atoms with Gasteiger partial charge in [0.15, 0.2) is 0 Å². The Balaban J connectivity index is 2.04. The van der Waals surface area contributed by atoms with E-state index >= 15 is 0 Å². The molecule has 0 radical (unpaired) electrons. The first-order chi connectivity index (χ1) is 9.02. The molecule has 0 bridgehead atoms. The summed E-state index contributed by atoms with van der Waals surface area (Å²) < 4.78 is 1.56. The van der Waals surface area contributed by atoms with Crippen LogP contribution in [0.5, 0.6) is 0 Å². The minimum Gasteiger partial charge on any atom is -0.395 e. The second-order valence-electron chi connectivity index (χ2n) is 5.18. The van der Waals surface area contributed by atoms with E-state index in [0.29, 0.717) is 17.1 Å². The molecule has 1 fully saturated rings. The van der Waals surface area contributed by atoms with Crippen LogP contribution in [0.2, 0.25) is 0 Å². The summed E-state index contributed by atoms with van der Waals surface area (Å²) in [4.78, 5) is 14.6. The Labute approximate surface area is 113 Å². The molecule has 6 heteroatoms. The van der Waals surface area contributed by atoms with E-state index in [1.54, 1.807) is 11.7 Å². The van der Waals surface area contributed by atoms with Crippen LogP contribution in [-0.2, 0) is 7.05 Å². The van der Waals surface area contributed by atoms with E-state index in [4.69, 9.17) is 5.73 Å². The van der Waals surface area contributed by atoms with E-state index in [2.05, 4.69) is 22.2 Å². The highest BCUT2D eigenvalue weighted by molar-refractivity contribution is 5.98. The van der Waals surface area contributed by atoms with Gasteiger partial charge in [-0.3, -0.25) is 9.48 Å². The number of nitrogens with one attached hydrogen (secondary N) is 1. The normalized spacial score (nSPS) is 20.5. The number of amides is 1. The summed E-state index contributed by atoms with van der Waals surface area (Å²) in [5.41, 5.74) is 7.55. The summed E-state index contributed by atoms with van der Waals surface area (Å²) in [6, 6.07) is 0.204. The fourth-order valence-corrected chi connectivity index (χ4v) is 2.66. The number of hydrogen-bond acceptors (Lipinski definition) is 4. The summed E-state index contributed by atoms with van der Waals surface area (Å²) in [5, 5.41) is 7.25. The topological polar surface area (TPSA) is 76.2 Å². The van der Waals surface area contributed by atoms with Crippen molar-refractivity contribution in [3.63, 3.8) is 0 Å². The Bertz CT molecular complexity index is 468. The molecule has 3 N–H and O–H groups in total. The minimum absolute atomic E-state index is 0.122. The molecule has 0 spiro atoms. The lowest BCUT2D eigenvalue weighted by molar-refractivity contribution is 0.0897. The summed E-state index contributed by atoms with van der Waals surface area (Å²) in [6.45, 7) is 7.02. The lowest BCUT2D eigenvalue weighted by atomic mass is 10.1. The van der Waals surface area contributed by atoms with Crippen LogP contribution in [0.4, 0.5) is 5.69 Å². The third-order valence-corrected chi connectivity index (χ3v) is 3.77. The summed E-state index contributed by atoms with van der Waals surface area (Å²) in [5.74, 6) is -0.122. The van der Waals surface area contributed by atoms with Gasteiger partial charge >= 0.3 is 0 Å². The molecule has 0 aliphatic carbocycles. The van der Waals surface area contributed by atoms with Crippen molar-refractivity contribution in [2.75, 3.05) is 25.4 Å². The van der Waals surface area contributed by atoms with Crippen LogP contribution in [0, 0.1) is 6.92 Å². The van der Waals surface area contributed by atoms with Gasteiger partial charge in [0.1, 0.15) is 5.69 Å². The van der Waals surface area contributed by atoms with Gasteiger partial charge in [0, 0.05) is 19.6 Å². The zero-order valence-corrected chi connectivity index (χ0v) is 11.9. The van der Waals surface area contributed by atoms with Gasteiger partial charge in [-0.2, -0.15) is 5.10 Å². The first-order valence-corrected chi connectivity index (χ1v) is 6.85. The van der Waals surface area contributed by atoms with E-state index in [9.17, 15) is 4.79 Å². The molecule has 1 saturated heterocycles. The number of likely N-dealkylation sites (tertiary alicyclic amines) is 1. The first-order valence-electron chi connectivity index (χ1n) is 6.85. The van der Waals surface area contributed by atoms with Gasteiger partial charge < -0.3 is 16.0 Å². The number of hydrogen-bond donors (Lipinski definition) is 2. The molecule has 6 nitrogen and oxygen atoms in total. The molecule has 1 amide bonds. The molecule has 106 valence electrons. The van der Waals surface area contributed by atoms with Crippen molar-refractivity contribution < 1.29 is 4.79 Å². The highest BCUT2D eigenvalue weighted by Crippen LogP contribution is 2.16. The number of anilines is 1. The zero-order valence-electron chi connectivity index (χ0n) is 11.9. The summed E-state index contributed by atoms with van der Waals surface area (Å²) in [7, 11) is 1.75. The molecule has 1 aromatic rings. The molecule has 0 saturated carbocycles. The Morgan fingerprint density at radius 2 is 2.32 bits per heavy atom. The fourth-order valence-electron chi connectivity index (χ4n) is 2.66. The average molecular weight is 265 g/mol. The third kappa shape index (κ3) is 2.89. The third-order valence-electron chi connectivity index (χ3n) is 3.77. The number of nitrogens with two attached hydrogens (primary N) is 1. The van der Waals surface area contributed by atoms with E-state index in [1.807, 2.05) is 6.92 Å². The molecule has 1 unspecified atom stereocenters. The van der Waals surface area contributed by atoms with Crippen molar-refractivity contribution in [3.8, 4) is 0 Å². The van der Waals surface area contributed by atoms with E-state index in [0.717, 1.165) is 32.5 Å². The number of nitrogens with zero attached hydrogens (tertiary/aromatic N) is 3. The smallest absolute Gasteiger partial charge is 0.271 e. The number of likely N-dealkylation sites (N-methyl/N-ethyl adjacent to an activating group) is 1. The van der Waals surface area contributed by atoms with E-state index < -0.39 is 0 Å². The Hall–Kier alpha value is -1.56. The number of nitrogen functional groups attached to an aromatic ring is 1. The predicted molar refractivity (Wildman–Crippen MR) is 75.0 cm³/mol. The number of piperidine rings is 1. The molecule has 1 aliphatic rings. The van der Waals surface area contributed by atoms with Gasteiger partial charge in [0.2, 0.25) is 0 Å². The molecule has 1 atom stereocenters. The Morgan fingerprint density at radius 1 is 1.58 bits per heavy atom. The molecular formula is C13H23N5O. The quantitative estimate of drug-likeness (QED) is 0.835. The van der Waals surface area contributed by atoms with E-state index in [1.165, 1.54) is 0 Å². The maximum atomic E-state index is 12.3. The largest absolute Gasteiger partial charge is 0.395 e. The molecule has 1 aliphatic heterocycles. The van der Waals surface area contributed by atoms with Gasteiger partial charge in [-0.1, -0.05) is 6.92 Å². The van der Waals surface area contributed by atoms with Gasteiger partial charge in [-0.05, 0) is 32.9 Å². The van der Waals surface area contributed by atoms with Crippen molar-refractivity contribution in [1.29, 1.82) is 0 Å². The highest BCUT2D eigenvalue weighted by Gasteiger charge is 2.24. The number of carbonyl (C=O) groups is 1. The van der Waals surface area contributed by atoms with E-state index in [-0.39, 0.29) is 11.9 Å². The second kappa shape index (κ2) is 5.61. The average Bonchev–Trinajstić information content (AvgIpc) is 2.63. The molecule has 19 heavy (non-hydrogen) atoms. The van der Waals surface area contributed by atoms with Crippen molar-refractivity contribution in [2.45, 2.75) is 32.7 Å².